The fourth-order valence-corrected chi connectivity index (χ4v) is 3.06. The fourth-order valence-electron chi connectivity index (χ4n) is 2.89. The Bertz CT molecular complexity index is 1070. The molecule has 0 atom stereocenters. The Morgan fingerprint density at radius 1 is 0.724 bits per heavy atom. The summed E-state index contributed by atoms with van der Waals surface area (Å²) in [6.45, 7) is 6.92. The van der Waals surface area contributed by atoms with Gasteiger partial charge >= 0.3 is 12.3 Å². The Balaban J connectivity index is 2.23. The highest BCUT2D eigenvalue weighted by molar-refractivity contribution is 6.31. The van der Waals surface area contributed by atoms with Crippen LogP contribution in [0.15, 0.2) is 42.5 Å². The molecule has 0 radical (unpaired) electrons. The summed E-state index contributed by atoms with van der Waals surface area (Å²) in [4.78, 5) is 24.4. The standard InChI is InChI=1S/C22H21ClO6/c1-12(2)26-21(24)28-19-15-7-5-6-8-16(15)20(29-22(25)27-13(3)4)18-11-14(23)9-10-17(18)19/h5-13H,1-4H3. The second kappa shape index (κ2) is 8.57. The smallest absolute Gasteiger partial charge is 0.431 e. The molecule has 29 heavy (non-hydrogen) atoms. The van der Waals surface area contributed by atoms with Gasteiger partial charge in [0.1, 0.15) is 5.75 Å². The number of benzene rings is 3. The van der Waals surface area contributed by atoms with Crippen molar-refractivity contribution in [3.63, 3.8) is 0 Å². The van der Waals surface area contributed by atoms with E-state index in [4.69, 9.17) is 30.5 Å². The number of rotatable bonds is 4. The lowest BCUT2D eigenvalue weighted by atomic mass is 10.0. The van der Waals surface area contributed by atoms with Crippen LogP contribution in [0.2, 0.25) is 5.02 Å². The molecule has 3 aromatic rings. The van der Waals surface area contributed by atoms with E-state index in [0.29, 0.717) is 32.3 Å². The minimum Gasteiger partial charge on any atom is -0.431 e. The Morgan fingerprint density at radius 3 is 1.66 bits per heavy atom. The van der Waals surface area contributed by atoms with E-state index in [2.05, 4.69) is 0 Å². The van der Waals surface area contributed by atoms with Crippen molar-refractivity contribution >= 4 is 45.5 Å². The highest BCUT2D eigenvalue weighted by atomic mass is 35.5. The lowest BCUT2D eigenvalue weighted by Gasteiger charge is -2.17. The first-order valence-corrected chi connectivity index (χ1v) is 9.55. The van der Waals surface area contributed by atoms with Gasteiger partial charge in [-0.15, -0.1) is 0 Å². The Morgan fingerprint density at radius 2 is 1.17 bits per heavy atom. The third-order valence-corrected chi connectivity index (χ3v) is 4.16. The molecule has 0 N–H and O–H groups in total. The van der Waals surface area contributed by atoms with Gasteiger partial charge in [-0.25, -0.2) is 9.59 Å². The molecule has 0 heterocycles. The molecule has 0 bridgehead atoms. The van der Waals surface area contributed by atoms with E-state index >= 15 is 0 Å². The maximum Gasteiger partial charge on any atom is 0.514 e. The summed E-state index contributed by atoms with van der Waals surface area (Å²) in [6.07, 6.45) is -2.33. The molecule has 0 amide bonds. The van der Waals surface area contributed by atoms with Gasteiger partial charge in [0, 0.05) is 26.6 Å². The highest BCUT2D eigenvalue weighted by Gasteiger charge is 2.22. The van der Waals surface area contributed by atoms with Crippen molar-refractivity contribution in [2.24, 2.45) is 0 Å². The molecule has 3 aromatic carbocycles. The van der Waals surface area contributed by atoms with Crippen LogP contribution in [0.25, 0.3) is 21.5 Å². The fraction of sp³-hybridized carbons (Fsp3) is 0.273. The van der Waals surface area contributed by atoms with Gasteiger partial charge in [-0.2, -0.15) is 0 Å². The van der Waals surface area contributed by atoms with E-state index in [1.807, 2.05) is 0 Å². The van der Waals surface area contributed by atoms with Gasteiger partial charge in [-0.1, -0.05) is 35.9 Å². The first-order valence-electron chi connectivity index (χ1n) is 9.17. The van der Waals surface area contributed by atoms with E-state index < -0.39 is 12.3 Å². The number of carbonyl (C=O) groups excluding carboxylic acids is 2. The summed E-state index contributed by atoms with van der Waals surface area (Å²) >= 11 is 6.19. The van der Waals surface area contributed by atoms with Crippen LogP contribution in [0, 0.1) is 0 Å². The highest BCUT2D eigenvalue weighted by Crippen LogP contribution is 2.43. The molecule has 0 aliphatic heterocycles. The summed E-state index contributed by atoms with van der Waals surface area (Å²) < 4.78 is 21.3. The molecular weight excluding hydrogens is 396 g/mol. The normalized spacial score (nSPS) is 11.1. The van der Waals surface area contributed by atoms with Crippen molar-refractivity contribution in [2.75, 3.05) is 0 Å². The predicted molar refractivity (Wildman–Crippen MR) is 111 cm³/mol. The zero-order chi connectivity index (χ0) is 21.1. The van der Waals surface area contributed by atoms with Gasteiger partial charge in [0.05, 0.1) is 12.2 Å². The van der Waals surface area contributed by atoms with Crippen LogP contribution >= 0.6 is 11.6 Å². The molecule has 3 rings (SSSR count). The zero-order valence-electron chi connectivity index (χ0n) is 16.5. The zero-order valence-corrected chi connectivity index (χ0v) is 17.3. The second-order valence-electron chi connectivity index (χ2n) is 6.93. The van der Waals surface area contributed by atoms with Crippen LogP contribution in [-0.4, -0.2) is 24.5 Å². The summed E-state index contributed by atoms with van der Waals surface area (Å²) in [7, 11) is 0. The van der Waals surface area contributed by atoms with E-state index in [-0.39, 0.29) is 18.0 Å². The lowest BCUT2D eigenvalue weighted by molar-refractivity contribution is 0.0719. The molecule has 0 saturated heterocycles. The van der Waals surface area contributed by atoms with Crippen molar-refractivity contribution in [2.45, 2.75) is 39.9 Å². The van der Waals surface area contributed by atoms with Crippen LogP contribution in [0.5, 0.6) is 11.5 Å². The number of carbonyl (C=O) groups is 2. The van der Waals surface area contributed by atoms with Crippen LogP contribution in [0.1, 0.15) is 27.7 Å². The van der Waals surface area contributed by atoms with Crippen molar-refractivity contribution < 1.29 is 28.5 Å². The maximum absolute atomic E-state index is 12.2. The number of ether oxygens (including phenoxy) is 4. The predicted octanol–water partition coefficient (Wildman–Crippen LogP) is 6.49. The van der Waals surface area contributed by atoms with Gasteiger partial charge in [-0.05, 0) is 45.9 Å². The molecule has 0 fully saturated rings. The number of hydrogen-bond donors (Lipinski definition) is 0. The van der Waals surface area contributed by atoms with Crippen LogP contribution in [0.4, 0.5) is 9.59 Å². The Labute approximate surface area is 173 Å². The van der Waals surface area contributed by atoms with E-state index in [9.17, 15) is 9.59 Å². The molecule has 6 nitrogen and oxygen atoms in total. The quantitative estimate of drug-likeness (QED) is 0.275. The number of halogens is 1. The van der Waals surface area contributed by atoms with Crippen molar-refractivity contribution in [3.8, 4) is 11.5 Å². The van der Waals surface area contributed by atoms with Crippen LogP contribution < -0.4 is 9.47 Å². The van der Waals surface area contributed by atoms with Gasteiger partial charge in [-0.3, -0.25) is 0 Å². The Kier molecular flexibility index (Phi) is 6.13. The van der Waals surface area contributed by atoms with Gasteiger partial charge in [0.15, 0.2) is 5.75 Å². The van der Waals surface area contributed by atoms with Gasteiger partial charge in [0.25, 0.3) is 0 Å². The average Bonchev–Trinajstić information content (AvgIpc) is 2.63. The number of fused-ring (bicyclic) bond motifs is 2. The van der Waals surface area contributed by atoms with Crippen LogP contribution in [0.3, 0.4) is 0 Å². The number of hydrogen-bond acceptors (Lipinski definition) is 6. The van der Waals surface area contributed by atoms with E-state index in [0.717, 1.165) is 0 Å². The Hall–Kier alpha value is -2.99. The largest absolute Gasteiger partial charge is 0.514 e. The second-order valence-corrected chi connectivity index (χ2v) is 7.37. The van der Waals surface area contributed by atoms with Crippen LogP contribution in [-0.2, 0) is 9.47 Å². The summed E-state index contributed by atoms with van der Waals surface area (Å²) in [5.41, 5.74) is 0. The third-order valence-electron chi connectivity index (χ3n) is 3.92. The van der Waals surface area contributed by atoms with E-state index in [1.54, 1.807) is 70.2 Å². The van der Waals surface area contributed by atoms with Gasteiger partial charge < -0.3 is 18.9 Å². The topological polar surface area (TPSA) is 71.1 Å². The maximum atomic E-state index is 12.2. The first-order chi connectivity index (χ1) is 13.8. The third kappa shape index (κ3) is 4.71. The molecule has 0 spiro atoms. The molecular formula is C22H21ClO6. The van der Waals surface area contributed by atoms with Gasteiger partial charge in [0.2, 0.25) is 0 Å². The minimum absolute atomic E-state index is 0.272. The summed E-state index contributed by atoms with van der Waals surface area (Å²) in [6, 6.07) is 12.1. The minimum atomic E-state index is -0.834. The molecule has 0 unspecified atom stereocenters. The summed E-state index contributed by atoms with van der Waals surface area (Å²) in [5.74, 6) is 0.566. The molecule has 152 valence electrons. The van der Waals surface area contributed by atoms with E-state index in [1.165, 1.54) is 0 Å². The van der Waals surface area contributed by atoms with Crippen molar-refractivity contribution in [1.29, 1.82) is 0 Å². The van der Waals surface area contributed by atoms with Crippen molar-refractivity contribution in [1.82, 2.24) is 0 Å². The molecule has 7 heteroatoms. The summed E-state index contributed by atoms with van der Waals surface area (Å²) in [5, 5.41) is 2.63. The lowest BCUT2D eigenvalue weighted by Crippen LogP contribution is -2.17. The molecule has 0 aliphatic carbocycles. The average molecular weight is 417 g/mol. The monoisotopic (exact) mass is 416 g/mol. The molecule has 0 aliphatic rings. The first kappa shape index (κ1) is 20.7. The SMILES string of the molecule is CC(C)OC(=O)Oc1c2ccccc2c(OC(=O)OC(C)C)c2cc(Cl)ccc12. The van der Waals surface area contributed by atoms with Crippen molar-refractivity contribution in [3.05, 3.63) is 47.5 Å². The molecule has 0 saturated carbocycles. The molecule has 0 aromatic heterocycles.